The minimum absolute atomic E-state index is 0.0128. The Hall–Kier alpha value is -5.67. The lowest BCUT2D eigenvalue weighted by molar-refractivity contribution is -0.143. The first-order valence-electron chi connectivity index (χ1n) is 19.3. The second-order valence-electron chi connectivity index (χ2n) is 14.8. The molecule has 0 bridgehead atoms. The number of nitrogens with two attached hydrogens (primary N) is 2. The van der Waals surface area contributed by atoms with Gasteiger partial charge in [-0.1, -0.05) is 58.0 Å². The van der Waals surface area contributed by atoms with Crippen molar-refractivity contribution >= 4 is 53.4 Å². The van der Waals surface area contributed by atoms with Crippen molar-refractivity contribution in [3.63, 3.8) is 0 Å². The van der Waals surface area contributed by atoms with Crippen LogP contribution in [0.5, 0.6) is 0 Å². The molecule has 0 unspecified atom stereocenters. The molecule has 1 aromatic carbocycles. The van der Waals surface area contributed by atoms with E-state index in [1.807, 2.05) is 0 Å². The van der Waals surface area contributed by atoms with E-state index in [-0.39, 0.29) is 38.0 Å². The van der Waals surface area contributed by atoms with Crippen LogP contribution in [0.25, 0.3) is 0 Å². The molecule has 0 aliphatic heterocycles. The van der Waals surface area contributed by atoms with Crippen molar-refractivity contribution in [1.29, 1.82) is 0 Å². The van der Waals surface area contributed by atoms with Gasteiger partial charge in [-0.05, 0) is 56.0 Å². The number of rotatable bonds is 28. The van der Waals surface area contributed by atoms with Gasteiger partial charge in [0.05, 0.1) is 19.1 Å². The molecule has 0 fully saturated rings. The minimum Gasteiger partial charge on any atom is -0.481 e. The average Bonchev–Trinajstić information content (AvgIpc) is 3.16. The van der Waals surface area contributed by atoms with Crippen molar-refractivity contribution < 1.29 is 63.6 Å². The Morgan fingerprint density at radius 2 is 1.14 bits per heavy atom. The fourth-order valence-corrected chi connectivity index (χ4v) is 5.65. The predicted molar refractivity (Wildman–Crippen MR) is 211 cm³/mol. The van der Waals surface area contributed by atoms with Gasteiger partial charge in [0, 0.05) is 12.8 Å². The number of amides is 6. The van der Waals surface area contributed by atoms with Gasteiger partial charge in [0.2, 0.25) is 35.4 Å². The van der Waals surface area contributed by atoms with Crippen LogP contribution in [0.4, 0.5) is 0 Å². The molecule has 0 spiro atoms. The normalized spacial score (nSPS) is 14.7. The zero-order chi connectivity index (χ0) is 44.8. The first kappa shape index (κ1) is 51.3. The van der Waals surface area contributed by atoms with Gasteiger partial charge in [0.15, 0.2) is 0 Å². The van der Waals surface area contributed by atoms with E-state index >= 15 is 0 Å². The molecule has 1 rings (SSSR count). The van der Waals surface area contributed by atoms with Gasteiger partial charge in [0.1, 0.15) is 36.3 Å². The monoisotopic (exact) mass is 836 g/mol. The Kier molecular flexibility index (Phi) is 22.9. The first-order chi connectivity index (χ1) is 27.7. The van der Waals surface area contributed by atoms with E-state index in [4.69, 9.17) is 16.6 Å². The molecule has 21 heteroatoms. The fraction of sp³-hybridized carbons (Fsp3) is 0.605. The maximum absolute atomic E-state index is 13.6. The van der Waals surface area contributed by atoms with E-state index in [2.05, 4.69) is 31.9 Å². The van der Waals surface area contributed by atoms with Crippen molar-refractivity contribution in [2.45, 2.75) is 121 Å². The highest BCUT2D eigenvalue weighted by atomic mass is 16.4. The summed E-state index contributed by atoms with van der Waals surface area (Å²) in [5.74, 6) is -10.6. The summed E-state index contributed by atoms with van der Waals surface area (Å²) in [5.41, 5.74) is 11.8. The third-order valence-electron chi connectivity index (χ3n) is 8.90. The third-order valence-corrected chi connectivity index (χ3v) is 8.90. The average molecular weight is 837 g/mol. The zero-order valence-electron chi connectivity index (χ0n) is 33.8. The van der Waals surface area contributed by atoms with Crippen LogP contribution in [0.15, 0.2) is 30.3 Å². The number of carbonyl (C=O) groups excluding carboxylic acids is 6. The van der Waals surface area contributed by atoms with E-state index in [1.54, 1.807) is 58.0 Å². The highest BCUT2D eigenvalue weighted by Crippen LogP contribution is 2.11. The minimum atomic E-state index is -1.86. The Labute approximate surface area is 342 Å². The SMILES string of the molecule is CC(C)C[C@H](NC(=O)[C@@H](NC(=O)[C@@H](N)CCC(=O)O)C(C)C)C(=O)N[C@@H](CO)C(=O)N[C@@H](CC(=O)O)C(=O)N[C@@H](Cc1ccccc1)C(=O)N[C@@H](CCCCN)C(=O)O. The number of carbonyl (C=O) groups is 9. The summed E-state index contributed by atoms with van der Waals surface area (Å²) in [7, 11) is 0. The van der Waals surface area contributed by atoms with Crippen LogP contribution in [-0.2, 0) is 49.6 Å². The van der Waals surface area contributed by atoms with E-state index in [0.717, 1.165) is 0 Å². The molecule has 0 radical (unpaired) electrons. The number of carboxylic acids is 3. The Balaban J connectivity index is 3.25. The van der Waals surface area contributed by atoms with Gasteiger partial charge in [-0.15, -0.1) is 0 Å². The summed E-state index contributed by atoms with van der Waals surface area (Å²) >= 11 is 0. The molecule has 0 aliphatic rings. The quantitative estimate of drug-likeness (QED) is 0.0396. The Morgan fingerprint density at radius 3 is 1.66 bits per heavy atom. The number of unbranched alkanes of at least 4 members (excludes halogenated alkanes) is 1. The molecular formula is C38H60N8O13. The number of aliphatic hydroxyl groups excluding tert-OH is 1. The van der Waals surface area contributed by atoms with Gasteiger partial charge in [-0.3, -0.25) is 38.4 Å². The van der Waals surface area contributed by atoms with E-state index in [0.29, 0.717) is 24.9 Å². The lowest BCUT2D eigenvalue weighted by Gasteiger charge is -2.28. The summed E-state index contributed by atoms with van der Waals surface area (Å²) in [6.45, 7) is 5.93. The molecular weight excluding hydrogens is 776 g/mol. The van der Waals surface area contributed by atoms with Crippen LogP contribution in [0.1, 0.15) is 78.2 Å². The summed E-state index contributed by atoms with van der Waals surface area (Å²) < 4.78 is 0. The molecule has 1 aromatic rings. The Morgan fingerprint density at radius 1 is 0.610 bits per heavy atom. The van der Waals surface area contributed by atoms with Gasteiger partial charge in [-0.25, -0.2) is 4.79 Å². The molecule has 14 N–H and O–H groups in total. The number of hydrogen-bond donors (Lipinski definition) is 12. The molecule has 59 heavy (non-hydrogen) atoms. The van der Waals surface area contributed by atoms with Gasteiger partial charge in [0.25, 0.3) is 0 Å². The van der Waals surface area contributed by atoms with Crippen LogP contribution in [-0.4, -0.2) is 129 Å². The van der Waals surface area contributed by atoms with Crippen molar-refractivity contribution in [3.05, 3.63) is 35.9 Å². The van der Waals surface area contributed by atoms with Crippen LogP contribution in [0.3, 0.4) is 0 Å². The number of benzene rings is 1. The third kappa shape index (κ3) is 19.6. The number of hydrogen-bond acceptors (Lipinski definition) is 12. The van der Waals surface area contributed by atoms with Crippen molar-refractivity contribution in [3.8, 4) is 0 Å². The number of aliphatic carboxylic acids is 3. The lowest BCUT2D eigenvalue weighted by Crippen LogP contribution is -2.61. The number of carboxylic acid groups (broad SMARTS) is 3. The van der Waals surface area contributed by atoms with Crippen molar-refractivity contribution in [1.82, 2.24) is 31.9 Å². The van der Waals surface area contributed by atoms with Crippen LogP contribution in [0.2, 0.25) is 0 Å². The van der Waals surface area contributed by atoms with E-state index < -0.39 is 115 Å². The second kappa shape index (κ2) is 26.4. The molecule has 0 saturated heterocycles. The highest BCUT2D eigenvalue weighted by molar-refractivity contribution is 5.98. The molecule has 21 nitrogen and oxygen atoms in total. The topological polar surface area (TPSA) is 359 Å². The van der Waals surface area contributed by atoms with Gasteiger partial charge >= 0.3 is 17.9 Å². The number of nitrogens with one attached hydrogen (secondary N) is 6. The van der Waals surface area contributed by atoms with Crippen LogP contribution >= 0.6 is 0 Å². The maximum Gasteiger partial charge on any atom is 0.326 e. The Bertz CT molecular complexity index is 1590. The molecule has 0 aromatic heterocycles. The predicted octanol–water partition coefficient (Wildman–Crippen LogP) is -2.29. The van der Waals surface area contributed by atoms with E-state index in [9.17, 15) is 58.5 Å². The molecule has 6 amide bonds. The molecule has 330 valence electrons. The fourth-order valence-electron chi connectivity index (χ4n) is 5.65. The molecule has 7 atom stereocenters. The van der Waals surface area contributed by atoms with Crippen molar-refractivity contribution in [2.24, 2.45) is 23.3 Å². The smallest absolute Gasteiger partial charge is 0.326 e. The first-order valence-corrected chi connectivity index (χ1v) is 19.3. The summed E-state index contributed by atoms with van der Waals surface area (Å²) in [6.07, 6.45) is -0.813. The summed E-state index contributed by atoms with van der Waals surface area (Å²) in [6, 6.07) is -1.88. The van der Waals surface area contributed by atoms with Crippen LogP contribution in [0, 0.1) is 11.8 Å². The van der Waals surface area contributed by atoms with Gasteiger partial charge in [-0.2, -0.15) is 0 Å². The van der Waals surface area contributed by atoms with E-state index in [1.165, 1.54) is 0 Å². The maximum atomic E-state index is 13.6. The largest absolute Gasteiger partial charge is 0.481 e. The molecule has 0 aliphatic carbocycles. The molecule has 0 saturated carbocycles. The highest BCUT2D eigenvalue weighted by Gasteiger charge is 2.35. The standard InChI is InChI=1S/C38H60N8O13/c1-20(2)16-25(44-37(57)31(21(3)4)46-32(52)23(40)13-14-29(48)49)33(53)45-28(19-47)36(56)43-27(18-30(50)51)35(55)42-26(17-22-10-6-5-7-11-22)34(54)41-24(38(58)59)12-8-9-15-39/h5-7,10-11,20-21,23-28,31,47H,8-9,12-19,39-40H2,1-4H3,(H,41,54)(H,42,55)(H,43,56)(H,44,57)(H,45,53)(H,46,52)(H,48,49)(H,50,51)(H,58,59)/t23-,24-,25-,26-,27-,28-,31-/m0/s1. The lowest BCUT2D eigenvalue weighted by atomic mass is 9.99. The van der Waals surface area contributed by atoms with Crippen molar-refractivity contribution in [2.75, 3.05) is 13.2 Å². The summed E-state index contributed by atoms with van der Waals surface area (Å²) in [5, 5.41) is 52.6. The van der Waals surface area contributed by atoms with Gasteiger partial charge < -0.3 is 63.8 Å². The van der Waals surface area contributed by atoms with Crippen LogP contribution < -0.4 is 43.4 Å². The summed E-state index contributed by atoms with van der Waals surface area (Å²) in [4.78, 5) is 115. The second-order valence-corrected chi connectivity index (χ2v) is 14.8. The molecule has 0 heterocycles. The number of aliphatic hydroxyl groups is 1. The zero-order valence-corrected chi connectivity index (χ0v) is 33.8.